The minimum atomic E-state index is -0.0650. The lowest BCUT2D eigenvalue weighted by Crippen LogP contribution is -2.05. The molecule has 0 saturated heterocycles. The second kappa shape index (κ2) is 4.82. The average Bonchev–Trinajstić information content (AvgIpc) is 2.54. The van der Waals surface area contributed by atoms with Gasteiger partial charge in [0, 0.05) is 23.1 Å². The summed E-state index contributed by atoms with van der Waals surface area (Å²) in [4.78, 5) is 12.2. The topological polar surface area (TPSA) is 55.1 Å². The molecule has 0 atom stereocenters. The zero-order chi connectivity index (χ0) is 13.3. The van der Waals surface area contributed by atoms with Crippen molar-refractivity contribution in [3.8, 4) is 11.1 Å². The first-order valence-electron chi connectivity index (χ1n) is 5.72. The van der Waals surface area contributed by atoms with Crippen LogP contribution in [0.2, 0.25) is 0 Å². The number of rotatable bonds is 2. The zero-order valence-corrected chi connectivity index (χ0v) is 11.5. The molecule has 1 heterocycles. The van der Waals surface area contributed by atoms with Gasteiger partial charge in [0.15, 0.2) is 0 Å². The van der Waals surface area contributed by atoms with E-state index in [1.165, 1.54) is 17.4 Å². The Morgan fingerprint density at radius 2 is 1.83 bits per heavy atom. The van der Waals surface area contributed by atoms with Gasteiger partial charge in [-0.15, -0.1) is 11.3 Å². The first-order valence-corrected chi connectivity index (χ1v) is 6.54. The first-order chi connectivity index (χ1) is 8.49. The Morgan fingerprint density at radius 3 is 2.28 bits per heavy atom. The number of carbonyl (C=O) groups is 1. The van der Waals surface area contributed by atoms with Crippen molar-refractivity contribution in [3.05, 3.63) is 34.7 Å². The average molecular weight is 260 g/mol. The van der Waals surface area contributed by atoms with E-state index < -0.39 is 0 Å². The van der Waals surface area contributed by atoms with E-state index in [1.807, 2.05) is 24.3 Å². The summed E-state index contributed by atoms with van der Waals surface area (Å²) in [5, 5.41) is 3.60. The Bertz CT molecular complexity index is 585. The van der Waals surface area contributed by atoms with E-state index in [9.17, 15) is 4.79 Å². The van der Waals surface area contributed by atoms with Crippen molar-refractivity contribution < 1.29 is 4.79 Å². The lowest BCUT2D eigenvalue weighted by molar-refractivity contribution is -0.114. The van der Waals surface area contributed by atoms with E-state index >= 15 is 0 Å². The van der Waals surface area contributed by atoms with Gasteiger partial charge in [-0.05, 0) is 37.1 Å². The summed E-state index contributed by atoms with van der Waals surface area (Å²) in [6, 6.07) is 7.75. The number of nitrogens with two attached hydrogens (primary N) is 1. The molecule has 18 heavy (non-hydrogen) atoms. The lowest BCUT2D eigenvalue weighted by atomic mass is 10.0. The highest BCUT2D eigenvalue weighted by atomic mass is 32.1. The van der Waals surface area contributed by atoms with Crippen LogP contribution >= 0.6 is 11.3 Å². The zero-order valence-electron chi connectivity index (χ0n) is 10.7. The standard InChI is InChI=1S/C14H16N2OS/c1-8-9(2)18-14(15)13(8)11-4-6-12(7-5-11)16-10(3)17/h4-7H,15H2,1-3H3,(H,16,17). The maximum Gasteiger partial charge on any atom is 0.221 e. The molecule has 2 aromatic rings. The molecule has 0 spiro atoms. The molecule has 0 aliphatic rings. The third-order valence-corrected chi connectivity index (χ3v) is 3.94. The van der Waals surface area contributed by atoms with Gasteiger partial charge in [-0.3, -0.25) is 4.79 Å². The van der Waals surface area contributed by atoms with Crippen LogP contribution in [0.15, 0.2) is 24.3 Å². The van der Waals surface area contributed by atoms with Crippen LogP contribution in [0.1, 0.15) is 17.4 Å². The summed E-state index contributed by atoms with van der Waals surface area (Å²) >= 11 is 1.61. The Kier molecular flexibility index (Phi) is 3.39. The van der Waals surface area contributed by atoms with Crippen LogP contribution in [-0.2, 0) is 4.79 Å². The van der Waals surface area contributed by atoms with E-state index in [-0.39, 0.29) is 5.91 Å². The molecule has 0 saturated carbocycles. The van der Waals surface area contributed by atoms with Gasteiger partial charge < -0.3 is 11.1 Å². The van der Waals surface area contributed by atoms with Crippen LogP contribution in [0.5, 0.6) is 0 Å². The van der Waals surface area contributed by atoms with Crippen LogP contribution in [0, 0.1) is 13.8 Å². The van der Waals surface area contributed by atoms with Crippen LogP contribution in [0.4, 0.5) is 10.7 Å². The molecule has 0 fully saturated rings. The number of hydrogen-bond donors (Lipinski definition) is 2. The molecule has 3 N–H and O–H groups in total. The molecule has 1 aromatic carbocycles. The number of hydrogen-bond acceptors (Lipinski definition) is 3. The van der Waals surface area contributed by atoms with Crippen LogP contribution in [0.3, 0.4) is 0 Å². The lowest BCUT2D eigenvalue weighted by Gasteiger charge is -2.06. The number of nitrogens with one attached hydrogen (secondary N) is 1. The summed E-state index contributed by atoms with van der Waals surface area (Å²) in [7, 11) is 0. The van der Waals surface area contributed by atoms with Crippen LogP contribution < -0.4 is 11.1 Å². The number of carbonyl (C=O) groups excluding carboxylic acids is 1. The Morgan fingerprint density at radius 1 is 1.22 bits per heavy atom. The largest absolute Gasteiger partial charge is 0.390 e. The van der Waals surface area contributed by atoms with Crippen LogP contribution in [-0.4, -0.2) is 5.91 Å². The molecule has 94 valence electrons. The van der Waals surface area contributed by atoms with Crippen molar-refractivity contribution in [2.75, 3.05) is 11.1 Å². The fraction of sp³-hybridized carbons (Fsp3) is 0.214. The molecule has 0 bridgehead atoms. The van der Waals surface area contributed by atoms with Crippen molar-refractivity contribution in [2.45, 2.75) is 20.8 Å². The Labute approximate surface area is 111 Å². The maximum absolute atomic E-state index is 11.0. The second-order valence-electron chi connectivity index (χ2n) is 4.28. The van der Waals surface area contributed by atoms with E-state index in [2.05, 4.69) is 19.2 Å². The number of aryl methyl sites for hydroxylation is 1. The highest BCUT2D eigenvalue weighted by Gasteiger charge is 2.11. The van der Waals surface area contributed by atoms with Gasteiger partial charge in [0.1, 0.15) is 0 Å². The van der Waals surface area contributed by atoms with Gasteiger partial charge >= 0.3 is 0 Å². The molecule has 0 aliphatic heterocycles. The minimum absolute atomic E-state index is 0.0650. The molecule has 0 unspecified atom stereocenters. The minimum Gasteiger partial charge on any atom is -0.390 e. The molecular weight excluding hydrogens is 244 g/mol. The summed E-state index contributed by atoms with van der Waals surface area (Å²) < 4.78 is 0. The van der Waals surface area contributed by atoms with E-state index in [0.29, 0.717) is 0 Å². The number of benzene rings is 1. The van der Waals surface area contributed by atoms with E-state index in [1.54, 1.807) is 11.3 Å². The molecule has 0 radical (unpaired) electrons. The normalized spacial score (nSPS) is 10.4. The summed E-state index contributed by atoms with van der Waals surface area (Å²) in [6.45, 7) is 5.66. The highest BCUT2D eigenvalue weighted by molar-refractivity contribution is 7.16. The monoisotopic (exact) mass is 260 g/mol. The molecule has 0 aliphatic carbocycles. The van der Waals surface area contributed by atoms with Crippen LogP contribution in [0.25, 0.3) is 11.1 Å². The molecule has 1 aromatic heterocycles. The second-order valence-corrected chi connectivity index (χ2v) is 5.54. The van der Waals surface area contributed by atoms with E-state index in [0.717, 1.165) is 21.8 Å². The Hall–Kier alpha value is -1.81. The summed E-state index contributed by atoms with van der Waals surface area (Å²) in [5.74, 6) is -0.0650. The smallest absolute Gasteiger partial charge is 0.221 e. The van der Waals surface area contributed by atoms with Gasteiger partial charge in [0.25, 0.3) is 0 Å². The van der Waals surface area contributed by atoms with Crippen molar-refractivity contribution in [1.82, 2.24) is 0 Å². The molecule has 4 heteroatoms. The number of amides is 1. The van der Waals surface area contributed by atoms with Crippen molar-refractivity contribution in [3.63, 3.8) is 0 Å². The first kappa shape index (κ1) is 12.6. The predicted octanol–water partition coefficient (Wildman–Crippen LogP) is 3.57. The third kappa shape index (κ3) is 2.38. The number of anilines is 2. The van der Waals surface area contributed by atoms with Crippen molar-refractivity contribution >= 4 is 27.9 Å². The van der Waals surface area contributed by atoms with E-state index in [4.69, 9.17) is 5.73 Å². The van der Waals surface area contributed by atoms with Gasteiger partial charge in [0.2, 0.25) is 5.91 Å². The number of thiophene rings is 1. The van der Waals surface area contributed by atoms with Gasteiger partial charge in [-0.25, -0.2) is 0 Å². The highest BCUT2D eigenvalue weighted by Crippen LogP contribution is 2.38. The van der Waals surface area contributed by atoms with Crippen molar-refractivity contribution in [2.24, 2.45) is 0 Å². The van der Waals surface area contributed by atoms with Gasteiger partial charge in [-0.2, -0.15) is 0 Å². The third-order valence-electron chi connectivity index (χ3n) is 2.91. The predicted molar refractivity (Wildman–Crippen MR) is 77.9 cm³/mol. The van der Waals surface area contributed by atoms with Gasteiger partial charge in [0.05, 0.1) is 5.00 Å². The van der Waals surface area contributed by atoms with Gasteiger partial charge in [-0.1, -0.05) is 12.1 Å². The summed E-state index contributed by atoms with van der Waals surface area (Å²) in [5.41, 5.74) is 10.3. The summed E-state index contributed by atoms with van der Waals surface area (Å²) in [6.07, 6.45) is 0. The maximum atomic E-state index is 11.0. The molecule has 2 rings (SSSR count). The van der Waals surface area contributed by atoms with Crippen molar-refractivity contribution in [1.29, 1.82) is 0 Å². The molecule has 1 amide bonds. The SMILES string of the molecule is CC(=O)Nc1ccc(-c2c(N)sc(C)c2C)cc1. The number of nitrogen functional groups attached to an aromatic ring is 1. The fourth-order valence-electron chi connectivity index (χ4n) is 1.94. The fourth-order valence-corrected chi connectivity index (χ4v) is 2.89. The molecular formula is C14H16N2OS. The molecule has 3 nitrogen and oxygen atoms in total. The Balaban J connectivity index is 2.37. The quantitative estimate of drug-likeness (QED) is 0.867.